The Kier molecular flexibility index (Phi) is 3.59. The van der Waals surface area contributed by atoms with Crippen molar-refractivity contribution >= 4 is 45.1 Å². The molecule has 0 radical (unpaired) electrons. The number of esters is 1. The Bertz CT molecular complexity index is 329. The van der Waals surface area contributed by atoms with Crippen LogP contribution in [0.5, 0.6) is 0 Å². The van der Waals surface area contributed by atoms with Gasteiger partial charge >= 0.3 is 5.97 Å². The van der Waals surface area contributed by atoms with Gasteiger partial charge in [-0.25, -0.2) is 4.79 Å². The molecule has 0 aliphatic carbocycles. The number of ether oxygens (including phenoxy) is 1. The molecule has 0 aromatic heterocycles. The Labute approximate surface area is 93.9 Å². The van der Waals surface area contributed by atoms with Crippen molar-refractivity contribution < 1.29 is 9.53 Å². The van der Waals surface area contributed by atoms with E-state index in [-0.39, 0.29) is 10.6 Å². The van der Waals surface area contributed by atoms with Gasteiger partial charge in [0.15, 0.2) is 0 Å². The van der Waals surface area contributed by atoms with Crippen molar-refractivity contribution in [2.75, 3.05) is 7.11 Å². The van der Waals surface area contributed by atoms with Crippen LogP contribution in [0.3, 0.4) is 0 Å². The lowest BCUT2D eigenvalue weighted by Gasteiger charge is -2.04. The molecule has 0 N–H and O–H groups in total. The van der Waals surface area contributed by atoms with Crippen LogP contribution in [0.2, 0.25) is 10.0 Å². The number of carbonyl (C=O) groups excluding carboxylic acids is 1. The van der Waals surface area contributed by atoms with Gasteiger partial charge in [-0.3, -0.25) is 0 Å². The molecule has 0 heterocycles. The van der Waals surface area contributed by atoms with E-state index in [9.17, 15) is 4.79 Å². The topological polar surface area (TPSA) is 26.3 Å². The molecule has 13 heavy (non-hydrogen) atoms. The lowest BCUT2D eigenvalue weighted by Crippen LogP contribution is -2.03. The average molecular weight is 284 g/mol. The summed E-state index contributed by atoms with van der Waals surface area (Å²) in [7, 11) is 1.29. The number of hydrogen-bond donors (Lipinski definition) is 0. The largest absolute Gasteiger partial charge is 0.465 e. The molecular formula is C8H5BrCl2O2. The fourth-order valence-electron chi connectivity index (χ4n) is 0.839. The zero-order chi connectivity index (χ0) is 10.0. The van der Waals surface area contributed by atoms with Crippen molar-refractivity contribution in [3.63, 3.8) is 0 Å². The number of benzene rings is 1. The lowest BCUT2D eigenvalue weighted by atomic mass is 10.2. The summed E-state index contributed by atoms with van der Waals surface area (Å²) in [4.78, 5) is 11.2. The summed E-state index contributed by atoms with van der Waals surface area (Å²) in [6.07, 6.45) is 0. The highest BCUT2D eigenvalue weighted by Crippen LogP contribution is 2.29. The molecule has 0 amide bonds. The second kappa shape index (κ2) is 4.31. The van der Waals surface area contributed by atoms with Gasteiger partial charge in [-0.1, -0.05) is 23.2 Å². The molecule has 0 spiro atoms. The Morgan fingerprint density at radius 2 is 2.08 bits per heavy atom. The molecule has 0 atom stereocenters. The highest BCUT2D eigenvalue weighted by molar-refractivity contribution is 9.10. The first-order valence-electron chi connectivity index (χ1n) is 3.29. The molecule has 0 saturated heterocycles. The number of carbonyl (C=O) groups is 1. The molecule has 70 valence electrons. The zero-order valence-electron chi connectivity index (χ0n) is 6.61. The maximum atomic E-state index is 11.2. The molecule has 0 aliphatic heterocycles. The van der Waals surface area contributed by atoms with Crippen LogP contribution in [0.15, 0.2) is 16.6 Å². The Morgan fingerprint density at radius 1 is 1.46 bits per heavy atom. The van der Waals surface area contributed by atoms with E-state index < -0.39 is 5.97 Å². The monoisotopic (exact) mass is 282 g/mol. The predicted octanol–water partition coefficient (Wildman–Crippen LogP) is 3.54. The first-order valence-corrected chi connectivity index (χ1v) is 4.84. The van der Waals surface area contributed by atoms with Crippen molar-refractivity contribution in [1.82, 2.24) is 0 Å². The van der Waals surface area contributed by atoms with E-state index in [1.54, 1.807) is 6.07 Å². The van der Waals surface area contributed by atoms with E-state index in [0.717, 1.165) is 0 Å². The van der Waals surface area contributed by atoms with E-state index in [4.69, 9.17) is 23.2 Å². The summed E-state index contributed by atoms with van der Waals surface area (Å²) in [6, 6.07) is 3.07. The van der Waals surface area contributed by atoms with E-state index in [1.165, 1.54) is 13.2 Å². The third kappa shape index (κ3) is 2.36. The molecule has 0 bridgehead atoms. The van der Waals surface area contributed by atoms with Crippen molar-refractivity contribution in [2.45, 2.75) is 0 Å². The SMILES string of the molecule is COC(=O)c1c(Cl)cc(Cl)cc1Br. The normalized spacial score (nSPS) is 9.85. The van der Waals surface area contributed by atoms with Crippen LogP contribution < -0.4 is 0 Å². The second-order valence-corrected chi connectivity index (χ2v) is 3.93. The molecule has 1 aromatic carbocycles. The molecule has 2 nitrogen and oxygen atoms in total. The smallest absolute Gasteiger partial charge is 0.340 e. The summed E-state index contributed by atoms with van der Waals surface area (Å²) in [5.74, 6) is -0.492. The minimum absolute atomic E-state index is 0.270. The zero-order valence-corrected chi connectivity index (χ0v) is 9.70. The highest BCUT2D eigenvalue weighted by atomic mass is 79.9. The summed E-state index contributed by atoms with van der Waals surface area (Å²) in [5, 5.41) is 0.732. The van der Waals surface area contributed by atoms with Gasteiger partial charge in [0.25, 0.3) is 0 Å². The van der Waals surface area contributed by atoms with Crippen molar-refractivity contribution in [3.05, 3.63) is 32.2 Å². The Hall–Kier alpha value is -0.250. The van der Waals surface area contributed by atoms with Crippen molar-refractivity contribution in [3.8, 4) is 0 Å². The van der Waals surface area contributed by atoms with E-state index in [0.29, 0.717) is 9.50 Å². The van der Waals surface area contributed by atoms with Crippen LogP contribution >= 0.6 is 39.1 Å². The van der Waals surface area contributed by atoms with Gasteiger partial charge in [0.1, 0.15) is 0 Å². The molecule has 5 heteroatoms. The fourth-order valence-corrected chi connectivity index (χ4v) is 2.28. The first kappa shape index (κ1) is 10.8. The van der Waals surface area contributed by atoms with Gasteiger partial charge in [0.2, 0.25) is 0 Å². The minimum Gasteiger partial charge on any atom is -0.465 e. The maximum absolute atomic E-state index is 11.2. The molecule has 0 unspecified atom stereocenters. The molecular weight excluding hydrogens is 279 g/mol. The summed E-state index contributed by atoms with van der Waals surface area (Å²) in [5.41, 5.74) is 0.286. The van der Waals surface area contributed by atoms with Gasteiger partial charge in [-0.05, 0) is 28.1 Å². The van der Waals surface area contributed by atoms with E-state index in [2.05, 4.69) is 20.7 Å². The van der Waals surface area contributed by atoms with Crippen LogP contribution in [0.1, 0.15) is 10.4 Å². The third-order valence-corrected chi connectivity index (χ3v) is 2.54. The van der Waals surface area contributed by atoms with Crippen LogP contribution in [0.25, 0.3) is 0 Å². The van der Waals surface area contributed by atoms with Crippen LogP contribution in [0, 0.1) is 0 Å². The quantitative estimate of drug-likeness (QED) is 0.737. The standard InChI is InChI=1S/C8H5BrCl2O2/c1-13-8(12)7-5(9)2-4(10)3-6(7)11/h2-3H,1H3. The third-order valence-electron chi connectivity index (χ3n) is 1.40. The maximum Gasteiger partial charge on any atom is 0.340 e. The Morgan fingerprint density at radius 3 is 2.54 bits per heavy atom. The second-order valence-electron chi connectivity index (χ2n) is 2.24. The van der Waals surface area contributed by atoms with Crippen molar-refractivity contribution in [1.29, 1.82) is 0 Å². The number of methoxy groups -OCH3 is 1. The molecule has 0 saturated carbocycles. The van der Waals surface area contributed by atoms with Gasteiger partial charge in [0, 0.05) is 9.50 Å². The highest BCUT2D eigenvalue weighted by Gasteiger charge is 2.15. The van der Waals surface area contributed by atoms with Gasteiger partial charge < -0.3 is 4.74 Å². The number of rotatable bonds is 1. The van der Waals surface area contributed by atoms with Gasteiger partial charge in [-0.2, -0.15) is 0 Å². The average Bonchev–Trinajstić information content (AvgIpc) is 2.02. The number of hydrogen-bond acceptors (Lipinski definition) is 2. The van der Waals surface area contributed by atoms with Crippen LogP contribution in [-0.2, 0) is 4.74 Å². The van der Waals surface area contributed by atoms with E-state index in [1.807, 2.05) is 0 Å². The summed E-state index contributed by atoms with van der Waals surface area (Å²) < 4.78 is 5.07. The van der Waals surface area contributed by atoms with Gasteiger partial charge in [0.05, 0.1) is 17.7 Å². The first-order chi connectivity index (χ1) is 6.06. The molecule has 1 aromatic rings. The minimum atomic E-state index is -0.492. The predicted molar refractivity (Wildman–Crippen MR) is 55.5 cm³/mol. The lowest BCUT2D eigenvalue weighted by molar-refractivity contribution is 0.0600. The van der Waals surface area contributed by atoms with Crippen LogP contribution in [0.4, 0.5) is 0 Å². The molecule has 0 aliphatic rings. The summed E-state index contributed by atoms with van der Waals surface area (Å²) in [6.45, 7) is 0. The fraction of sp³-hybridized carbons (Fsp3) is 0.125. The summed E-state index contributed by atoms with van der Waals surface area (Å²) >= 11 is 14.7. The molecule has 0 fully saturated rings. The van der Waals surface area contributed by atoms with E-state index >= 15 is 0 Å². The Balaban J connectivity index is 3.28. The molecule has 1 rings (SSSR count). The number of halogens is 3. The van der Waals surface area contributed by atoms with Gasteiger partial charge in [-0.15, -0.1) is 0 Å². The van der Waals surface area contributed by atoms with Crippen molar-refractivity contribution in [2.24, 2.45) is 0 Å². The van der Waals surface area contributed by atoms with Crippen LogP contribution in [-0.4, -0.2) is 13.1 Å².